The van der Waals surface area contributed by atoms with Gasteiger partial charge in [0.25, 0.3) is 5.92 Å². The highest BCUT2D eigenvalue weighted by Crippen LogP contribution is 2.35. The molecule has 3 fully saturated rings. The predicted molar refractivity (Wildman–Crippen MR) is 116 cm³/mol. The van der Waals surface area contributed by atoms with Gasteiger partial charge in [-0.1, -0.05) is 18.2 Å². The standard InChI is InChI=1S/C23H24F3N5O/c1-12(17-5-4-6-19(20(17)24)23(3,25)26)28-22-18-7-14(9-27-21(18)13(2)29-30-22)31-10-15-8-16(11-31)32-15/h4-7,9,12,15-16H,8,10-11H2,1-3H3,(H,28,30)/t12-,15?,16?/m1/s1. The van der Waals surface area contributed by atoms with Gasteiger partial charge in [-0.25, -0.2) is 13.2 Å². The second kappa shape index (κ2) is 7.58. The number of piperidine rings is 1. The van der Waals surface area contributed by atoms with Crippen LogP contribution in [0.25, 0.3) is 10.9 Å². The number of nitrogens with one attached hydrogen (secondary N) is 1. The highest BCUT2D eigenvalue weighted by atomic mass is 19.3. The van der Waals surface area contributed by atoms with Gasteiger partial charge in [0, 0.05) is 37.4 Å². The molecular weight excluding hydrogens is 419 g/mol. The molecule has 0 radical (unpaired) electrons. The number of ether oxygens (including phenoxy) is 1. The maximum absolute atomic E-state index is 14.9. The van der Waals surface area contributed by atoms with Crippen LogP contribution in [-0.4, -0.2) is 40.5 Å². The average molecular weight is 443 g/mol. The van der Waals surface area contributed by atoms with Crippen LogP contribution in [0.3, 0.4) is 0 Å². The van der Waals surface area contributed by atoms with E-state index in [9.17, 15) is 13.2 Å². The molecule has 1 N–H and O–H groups in total. The monoisotopic (exact) mass is 443 g/mol. The van der Waals surface area contributed by atoms with Crippen molar-refractivity contribution in [2.24, 2.45) is 0 Å². The minimum atomic E-state index is -3.27. The smallest absolute Gasteiger partial charge is 0.273 e. The summed E-state index contributed by atoms with van der Waals surface area (Å²) >= 11 is 0. The molecule has 2 bridgehead atoms. The van der Waals surface area contributed by atoms with E-state index in [1.54, 1.807) is 6.92 Å². The van der Waals surface area contributed by atoms with Gasteiger partial charge >= 0.3 is 0 Å². The lowest BCUT2D eigenvalue weighted by atomic mass is 9.98. The quantitative estimate of drug-likeness (QED) is 0.615. The Morgan fingerprint density at radius 2 is 1.94 bits per heavy atom. The Balaban J connectivity index is 1.49. The van der Waals surface area contributed by atoms with Gasteiger partial charge in [0.1, 0.15) is 5.82 Å². The number of aryl methyl sites for hydroxylation is 1. The minimum absolute atomic E-state index is 0.136. The largest absolute Gasteiger partial charge is 0.371 e. The molecule has 3 saturated heterocycles. The SMILES string of the molecule is Cc1nnc(N[C@H](C)c2cccc(C(C)(F)F)c2F)c2cc(N3CC4CC(C3)O4)cnc12. The number of anilines is 2. The molecule has 0 aliphatic carbocycles. The number of pyridine rings is 1. The molecule has 9 heteroatoms. The van der Waals surface area contributed by atoms with Crippen molar-refractivity contribution in [2.75, 3.05) is 23.3 Å². The van der Waals surface area contributed by atoms with E-state index in [2.05, 4.69) is 25.4 Å². The molecule has 2 unspecified atom stereocenters. The summed E-state index contributed by atoms with van der Waals surface area (Å²) in [5.41, 5.74) is 1.83. The molecule has 0 saturated carbocycles. The van der Waals surface area contributed by atoms with Crippen molar-refractivity contribution in [3.63, 3.8) is 0 Å². The molecule has 168 valence electrons. The first-order valence-electron chi connectivity index (χ1n) is 10.7. The third-order valence-corrected chi connectivity index (χ3v) is 6.22. The van der Waals surface area contributed by atoms with E-state index in [1.807, 2.05) is 19.2 Å². The van der Waals surface area contributed by atoms with Crippen molar-refractivity contribution >= 4 is 22.4 Å². The molecular formula is C23H24F3N5O. The van der Waals surface area contributed by atoms with E-state index in [1.165, 1.54) is 12.1 Å². The van der Waals surface area contributed by atoms with Crippen LogP contribution in [0, 0.1) is 12.7 Å². The summed E-state index contributed by atoms with van der Waals surface area (Å²) in [6.45, 7) is 5.84. The van der Waals surface area contributed by atoms with Gasteiger partial charge < -0.3 is 15.0 Å². The van der Waals surface area contributed by atoms with Crippen molar-refractivity contribution in [1.29, 1.82) is 0 Å². The second-order valence-electron chi connectivity index (χ2n) is 8.71. The van der Waals surface area contributed by atoms with E-state index < -0.39 is 23.3 Å². The molecule has 3 aliphatic heterocycles. The zero-order valence-electron chi connectivity index (χ0n) is 18.1. The fraction of sp³-hybridized carbons (Fsp3) is 0.435. The Morgan fingerprint density at radius 3 is 2.62 bits per heavy atom. The summed E-state index contributed by atoms with van der Waals surface area (Å²) < 4.78 is 48.1. The highest BCUT2D eigenvalue weighted by Gasteiger charge is 2.38. The lowest BCUT2D eigenvalue weighted by Gasteiger charge is -2.47. The first-order valence-corrected chi connectivity index (χ1v) is 10.7. The lowest BCUT2D eigenvalue weighted by Crippen LogP contribution is -2.57. The predicted octanol–water partition coefficient (Wildman–Crippen LogP) is 4.73. The number of fused-ring (bicyclic) bond motifs is 3. The molecule has 0 amide bonds. The van der Waals surface area contributed by atoms with E-state index in [0.29, 0.717) is 24.0 Å². The van der Waals surface area contributed by atoms with Crippen LogP contribution in [0.15, 0.2) is 30.5 Å². The minimum Gasteiger partial charge on any atom is -0.371 e. The van der Waals surface area contributed by atoms with Crippen molar-refractivity contribution < 1.29 is 17.9 Å². The van der Waals surface area contributed by atoms with Gasteiger partial charge in [0.2, 0.25) is 0 Å². The summed E-state index contributed by atoms with van der Waals surface area (Å²) in [6.07, 6.45) is 3.42. The van der Waals surface area contributed by atoms with Crippen molar-refractivity contribution in [3.8, 4) is 0 Å². The number of alkyl halides is 2. The highest BCUT2D eigenvalue weighted by molar-refractivity contribution is 5.92. The first-order chi connectivity index (χ1) is 15.2. The third kappa shape index (κ3) is 3.64. The molecule has 32 heavy (non-hydrogen) atoms. The molecule has 3 aliphatic rings. The van der Waals surface area contributed by atoms with E-state index in [0.717, 1.165) is 36.7 Å². The number of hydrogen-bond donors (Lipinski definition) is 1. The molecule has 3 aromatic rings. The summed E-state index contributed by atoms with van der Waals surface area (Å²) in [7, 11) is 0. The number of hydrogen-bond acceptors (Lipinski definition) is 6. The Bertz CT molecular complexity index is 1170. The van der Waals surface area contributed by atoms with Gasteiger partial charge in [-0.3, -0.25) is 4.98 Å². The lowest BCUT2D eigenvalue weighted by molar-refractivity contribution is -0.133. The van der Waals surface area contributed by atoms with Crippen LogP contribution in [-0.2, 0) is 10.7 Å². The topological polar surface area (TPSA) is 63.2 Å². The van der Waals surface area contributed by atoms with Crippen molar-refractivity contribution in [1.82, 2.24) is 15.2 Å². The molecule has 6 nitrogen and oxygen atoms in total. The van der Waals surface area contributed by atoms with E-state index in [-0.39, 0.29) is 17.8 Å². The van der Waals surface area contributed by atoms with Crippen molar-refractivity contribution in [2.45, 2.75) is 51.4 Å². The molecule has 6 rings (SSSR count). The van der Waals surface area contributed by atoms with Crippen LogP contribution in [0.1, 0.15) is 43.1 Å². The number of rotatable bonds is 5. The maximum Gasteiger partial charge on any atom is 0.273 e. The number of nitrogens with zero attached hydrogens (tertiary/aromatic N) is 4. The van der Waals surface area contributed by atoms with Gasteiger partial charge in [-0.2, -0.15) is 5.10 Å². The van der Waals surface area contributed by atoms with Gasteiger partial charge in [0.15, 0.2) is 5.82 Å². The van der Waals surface area contributed by atoms with Gasteiger partial charge in [-0.15, -0.1) is 5.10 Å². The van der Waals surface area contributed by atoms with Crippen LogP contribution < -0.4 is 10.2 Å². The van der Waals surface area contributed by atoms with Gasteiger partial charge in [0.05, 0.1) is 46.9 Å². The van der Waals surface area contributed by atoms with Gasteiger partial charge in [-0.05, 0) is 19.9 Å². The van der Waals surface area contributed by atoms with E-state index in [4.69, 9.17) is 4.74 Å². The molecule has 1 aromatic carbocycles. The fourth-order valence-electron chi connectivity index (χ4n) is 4.50. The zero-order chi connectivity index (χ0) is 22.6. The van der Waals surface area contributed by atoms with Crippen LogP contribution >= 0.6 is 0 Å². The zero-order valence-corrected chi connectivity index (χ0v) is 18.1. The fourth-order valence-corrected chi connectivity index (χ4v) is 4.50. The normalized spacial score (nSPS) is 21.4. The molecule has 2 aromatic heterocycles. The van der Waals surface area contributed by atoms with E-state index >= 15 is 0 Å². The number of morpholine rings is 1. The van der Waals surface area contributed by atoms with Crippen LogP contribution in [0.4, 0.5) is 24.7 Å². The van der Waals surface area contributed by atoms with Crippen LogP contribution in [0.2, 0.25) is 0 Å². The Kier molecular flexibility index (Phi) is 4.96. The van der Waals surface area contributed by atoms with Crippen LogP contribution in [0.5, 0.6) is 0 Å². The molecule has 0 spiro atoms. The Hall–Kier alpha value is -2.94. The summed E-state index contributed by atoms with van der Waals surface area (Å²) in [5, 5.41) is 12.3. The third-order valence-electron chi connectivity index (χ3n) is 6.22. The number of aromatic nitrogens is 3. The Morgan fingerprint density at radius 1 is 1.22 bits per heavy atom. The molecule has 3 atom stereocenters. The summed E-state index contributed by atoms with van der Waals surface area (Å²) in [6, 6.07) is 5.42. The Labute approximate surface area is 183 Å². The molecule has 5 heterocycles. The summed E-state index contributed by atoms with van der Waals surface area (Å²) in [5.74, 6) is -3.76. The second-order valence-corrected chi connectivity index (χ2v) is 8.71. The summed E-state index contributed by atoms with van der Waals surface area (Å²) in [4.78, 5) is 6.84. The average Bonchev–Trinajstić information content (AvgIpc) is 2.74. The number of halogens is 3. The first kappa shape index (κ1) is 20.9. The maximum atomic E-state index is 14.9. The van der Waals surface area contributed by atoms with Crippen molar-refractivity contribution in [3.05, 3.63) is 53.1 Å². The number of benzene rings is 1.